The fourth-order valence-electron chi connectivity index (χ4n) is 2.94. The van der Waals surface area contributed by atoms with Gasteiger partial charge in [-0.2, -0.15) is 0 Å². The van der Waals surface area contributed by atoms with E-state index in [0.29, 0.717) is 0 Å². The van der Waals surface area contributed by atoms with Crippen molar-refractivity contribution in [2.75, 3.05) is 0 Å². The third kappa shape index (κ3) is 2.50. The highest BCUT2D eigenvalue weighted by atomic mass is 14.2. The van der Waals surface area contributed by atoms with E-state index < -0.39 is 0 Å². The van der Waals surface area contributed by atoms with Crippen molar-refractivity contribution in [3.63, 3.8) is 0 Å². The molecule has 0 bridgehead atoms. The summed E-state index contributed by atoms with van der Waals surface area (Å²) >= 11 is 0. The molecular formula is C21H20. The highest BCUT2D eigenvalue weighted by molar-refractivity contribution is 5.86. The second-order valence-electron chi connectivity index (χ2n) is 5.61. The van der Waals surface area contributed by atoms with Crippen LogP contribution in [0.2, 0.25) is 0 Å². The summed E-state index contributed by atoms with van der Waals surface area (Å²) in [7, 11) is 0. The van der Waals surface area contributed by atoms with E-state index in [2.05, 4.69) is 87.5 Å². The number of hydrogen-bond donors (Lipinski definition) is 0. The van der Waals surface area contributed by atoms with Crippen molar-refractivity contribution < 1.29 is 0 Å². The van der Waals surface area contributed by atoms with Gasteiger partial charge in [0, 0.05) is 0 Å². The monoisotopic (exact) mass is 272 g/mol. The molecule has 0 radical (unpaired) electrons. The summed E-state index contributed by atoms with van der Waals surface area (Å²) in [5, 5.41) is 0. The molecule has 0 saturated carbocycles. The van der Waals surface area contributed by atoms with Gasteiger partial charge in [-0.3, -0.25) is 0 Å². The van der Waals surface area contributed by atoms with E-state index >= 15 is 0 Å². The molecule has 0 aromatic heterocycles. The van der Waals surface area contributed by atoms with Gasteiger partial charge in [0.15, 0.2) is 0 Å². The Hall–Kier alpha value is -2.34. The van der Waals surface area contributed by atoms with E-state index in [4.69, 9.17) is 0 Å². The Bertz CT molecular complexity index is 767. The van der Waals surface area contributed by atoms with E-state index in [1.165, 1.54) is 38.9 Å². The van der Waals surface area contributed by atoms with E-state index in [-0.39, 0.29) is 0 Å². The second kappa shape index (κ2) is 5.57. The van der Waals surface area contributed by atoms with Gasteiger partial charge in [-0.25, -0.2) is 0 Å². The lowest BCUT2D eigenvalue weighted by molar-refractivity contribution is 1.30. The summed E-state index contributed by atoms with van der Waals surface area (Å²) in [5.74, 6) is 0. The zero-order valence-corrected chi connectivity index (χ0v) is 12.9. The smallest absolute Gasteiger partial charge is 0.01000 e. The minimum absolute atomic E-state index is 1.27. The Balaban J connectivity index is 2.29. The number of aryl methyl sites for hydroxylation is 2. The first-order valence-corrected chi connectivity index (χ1v) is 7.40. The van der Waals surface area contributed by atoms with Crippen molar-refractivity contribution in [2.24, 2.45) is 0 Å². The third-order valence-electron chi connectivity index (χ3n) is 4.23. The average Bonchev–Trinajstić information content (AvgIpc) is 2.53. The summed E-state index contributed by atoms with van der Waals surface area (Å²) in [6.45, 7) is 6.60. The van der Waals surface area contributed by atoms with Crippen molar-refractivity contribution in [3.8, 4) is 22.3 Å². The van der Waals surface area contributed by atoms with Crippen molar-refractivity contribution in [1.29, 1.82) is 0 Å². The first kappa shape index (κ1) is 13.6. The van der Waals surface area contributed by atoms with Crippen molar-refractivity contribution in [1.82, 2.24) is 0 Å². The molecule has 0 heterocycles. The van der Waals surface area contributed by atoms with Crippen LogP contribution >= 0.6 is 0 Å². The first-order valence-electron chi connectivity index (χ1n) is 7.40. The minimum atomic E-state index is 1.27. The maximum atomic E-state index is 2.23. The molecule has 0 spiro atoms. The standard InChI is InChI=1S/C21H20/c1-15-13-14-16(2)21(17(15)3)20-12-8-7-11-19(20)18-9-5-4-6-10-18/h4-14H,1-3H3. The highest BCUT2D eigenvalue weighted by Crippen LogP contribution is 2.36. The summed E-state index contributed by atoms with van der Waals surface area (Å²) in [6.07, 6.45) is 0. The van der Waals surface area contributed by atoms with Gasteiger partial charge in [0.2, 0.25) is 0 Å². The molecule has 0 heteroatoms. The van der Waals surface area contributed by atoms with Crippen LogP contribution in [-0.4, -0.2) is 0 Å². The predicted octanol–water partition coefficient (Wildman–Crippen LogP) is 5.95. The topological polar surface area (TPSA) is 0 Å². The highest BCUT2D eigenvalue weighted by Gasteiger charge is 2.12. The fourth-order valence-corrected chi connectivity index (χ4v) is 2.94. The number of hydrogen-bond acceptors (Lipinski definition) is 0. The van der Waals surface area contributed by atoms with Crippen molar-refractivity contribution in [3.05, 3.63) is 83.4 Å². The number of rotatable bonds is 2. The molecule has 3 rings (SSSR count). The molecule has 0 fully saturated rings. The lowest BCUT2D eigenvalue weighted by Crippen LogP contribution is -1.93. The first-order chi connectivity index (χ1) is 10.2. The van der Waals surface area contributed by atoms with Gasteiger partial charge in [-0.1, -0.05) is 66.7 Å². The zero-order valence-electron chi connectivity index (χ0n) is 12.9. The molecule has 0 nitrogen and oxygen atoms in total. The van der Waals surface area contributed by atoms with Crippen LogP contribution in [0.1, 0.15) is 16.7 Å². The molecule has 0 aliphatic carbocycles. The summed E-state index contributed by atoms with van der Waals surface area (Å²) in [5.41, 5.74) is 9.32. The lowest BCUT2D eigenvalue weighted by atomic mass is 9.88. The number of benzene rings is 3. The van der Waals surface area contributed by atoms with Gasteiger partial charge in [0.05, 0.1) is 0 Å². The molecule has 0 aliphatic rings. The Morgan fingerprint density at radius 1 is 0.524 bits per heavy atom. The molecular weight excluding hydrogens is 252 g/mol. The average molecular weight is 272 g/mol. The Labute approximate surface area is 127 Å². The zero-order chi connectivity index (χ0) is 14.8. The molecule has 0 atom stereocenters. The van der Waals surface area contributed by atoms with E-state index in [1.807, 2.05) is 0 Å². The molecule has 0 unspecified atom stereocenters. The van der Waals surface area contributed by atoms with Gasteiger partial charge in [-0.15, -0.1) is 0 Å². The molecule has 0 aliphatic heterocycles. The van der Waals surface area contributed by atoms with Crippen LogP contribution in [0.5, 0.6) is 0 Å². The minimum Gasteiger partial charge on any atom is -0.0622 e. The second-order valence-corrected chi connectivity index (χ2v) is 5.61. The Morgan fingerprint density at radius 3 is 1.81 bits per heavy atom. The SMILES string of the molecule is Cc1ccc(C)c(-c2ccccc2-c2ccccc2)c1C. The molecule has 21 heavy (non-hydrogen) atoms. The summed E-state index contributed by atoms with van der Waals surface area (Å²) in [4.78, 5) is 0. The molecule has 104 valence electrons. The fraction of sp³-hybridized carbons (Fsp3) is 0.143. The van der Waals surface area contributed by atoms with Gasteiger partial charge in [0.25, 0.3) is 0 Å². The van der Waals surface area contributed by atoms with E-state index in [1.54, 1.807) is 0 Å². The van der Waals surface area contributed by atoms with E-state index in [9.17, 15) is 0 Å². The van der Waals surface area contributed by atoms with Crippen LogP contribution in [0.3, 0.4) is 0 Å². The maximum absolute atomic E-state index is 2.23. The molecule has 0 N–H and O–H groups in total. The summed E-state index contributed by atoms with van der Waals surface area (Å²) in [6, 6.07) is 23.7. The largest absolute Gasteiger partial charge is 0.0622 e. The summed E-state index contributed by atoms with van der Waals surface area (Å²) < 4.78 is 0. The Morgan fingerprint density at radius 2 is 1.10 bits per heavy atom. The quantitative estimate of drug-likeness (QED) is 0.541. The van der Waals surface area contributed by atoms with Gasteiger partial charge in [-0.05, 0) is 59.7 Å². The molecule has 0 saturated heterocycles. The molecule has 3 aromatic rings. The van der Waals surface area contributed by atoms with Gasteiger partial charge < -0.3 is 0 Å². The normalized spacial score (nSPS) is 10.6. The van der Waals surface area contributed by atoms with Crippen LogP contribution in [0.4, 0.5) is 0 Å². The van der Waals surface area contributed by atoms with Crippen molar-refractivity contribution in [2.45, 2.75) is 20.8 Å². The van der Waals surface area contributed by atoms with E-state index in [0.717, 1.165) is 0 Å². The van der Waals surface area contributed by atoms with Gasteiger partial charge >= 0.3 is 0 Å². The van der Waals surface area contributed by atoms with Gasteiger partial charge in [0.1, 0.15) is 0 Å². The van der Waals surface area contributed by atoms with Crippen LogP contribution in [0.15, 0.2) is 66.7 Å². The molecule has 3 aromatic carbocycles. The van der Waals surface area contributed by atoms with Crippen LogP contribution in [-0.2, 0) is 0 Å². The lowest BCUT2D eigenvalue weighted by Gasteiger charge is -2.16. The van der Waals surface area contributed by atoms with Crippen LogP contribution in [0, 0.1) is 20.8 Å². The Kier molecular flexibility index (Phi) is 3.62. The third-order valence-corrected chi connectivity index (χ3v) is 4.23. The van der Waals surface area contributed by atoms with Crippen LogP contribution in [0.25, 0.3) is 22.3 Å². The van der Waals surface area contributed by atoms with Crippen molar-refractivity contribution >= 4 is 0 Å². The predicted molar refractivity (Wildman–Crippen MR) is 91.5 cm³/mol. The van der Waals surface area contributed by atoms with Crippen LogP contribution < -0.4 is 0 Å². The molecule has 0 amide bonds. The maximum Gasteiger partial charge on any atom is -0.01000 e.